The lowest BCUT2D eigenvalue weighted by Crippen LogP contribution is -2.40. The Morgan fingerprint density at radius 2 is 2.07 bits per heavy atom. The van der Waals surface area contributed by atoms with Gasteiger partial charge in [-0.15, -0.1) is 0 Å². The highest BCUT2D eigenvalue weighted by Gasteiger charge is 2.29. The maximum atomic E-state index is 13.2. The Morgan fingerprint density at radius 1 is 1.21 bits per heavy atom. The van der Waals surface area contributed by atoms with E-state index < -0.39 is 0 Å². The molecule has 0 unspecified atom stereocenters. The number of ether oxygens (including phenoxy) is 2. The van der Waals surface area contributed by atoms with E-state index >= 15 is 0 Å². The number of hydrogen-bond donors (Lipinski definition) is 0. The number of likely N-dealkylation sites (N-methyl/N-ethyl adjacent to an activating group) is 1. The van der Waals surface area contributed by atoms with Crippen LogP contribution in [0, 0.1) is 0 Å². The van der Waals surface area contributed by atoms with Gasteiger partial charge >= 0.3 is 0 Å². The number of aromatic nitrogens is 2. The average Bonchev–Trinajstić information content (AvgIpc) is 2.77. The second-order valence-corrected chi connectivity index (χ2v) is 7.84. The first-order valence-corrected chi connectivity index (χ1v) is 10.1. The number of hydrogen-bond acceptors (Lipinski definition) is 6. The van der Waals surface area contributed by atoms with Crippen molar-refractivity contribution in [3.63, 3.8) is 0 Å². The van der Waals surface area contributed by atoms with Gasteiger partial charge in [-0.3, -0.25) is 4.79 Å². The van der Waals surface area contributed by atoms with Gasteiger partial charge in [0.15, 0.2) is 0 Å². The van der Waals surface area contributed by atoms with Crippen molar-refractivity contribution >= 4 is 5.91 Å². The minimum absolute atomic E-state index is 0.0370. The average molecular weight is 396 g/mol. The first-order chi connectivity index (χ1) is 14.1. The summed E-state index contributed by atoms with van der Waals surface area (Å²) >= 11 is 0. The first-order valence-electron chi connectivity index (χ1n) is 10.1. The molecule has 2 aliphatic heterocycles. The molecule has 1 aromatic heterocycles. The Labute approximate surface area is 171 Å². The molecule has 0 aliphatic carbocycles. The minimum atomic E-state index is -0.0370. The molecule has 1 atom stereocenters. The molecule has 29 heavy (non-hydrogen) atoms. The third-order valence-electron chi connectivity index (χ3n) is 5.85. The molecule has 0 N–H and O–H groups in total. The fourth-order valence-electron chi connectivity index (χ4n) is 4.19. The summed E-state index contributed by atoms with van der Waals surface area (Å²) in [5.74, 6) is 2.19. The topological polar surface area (TPSA) is 67.8 Å². The summed E-state index contributed by atoms with van der Waals surface area (Å²) in [4.78, 5) is 26.9. The largest absolute Gasteiger partial charge is 0.497 e. The third kappa shape index (κ3) is 4.05. The zero-order valence-corrected chi connectivity index (χ0v) is 17.4. The van der Waals surface area contributed by atoms with Crippen LogP contribution in [0.4, 0.5) is 0 Å². The van der Waals surface area contributed by atoms with E-state index in [2.05, 4.69) is 16.9 Å². The number of likely N-dealkylation sites (tertiary alicyclic amines) is 1. The zero-order valence-electron chi connectivity index (χ0n) is 17.4. The summed E-state index contributed by atoms with van der Waals surface area (Å²) in [5.41, 5.74) is 2.90. The van der Waals surface area contributed by atoms with Gasteiger partial charge in [-0.25, -0.2) is 9.97 Å². The number of carbonyl (C=O) groups is 1. The molecular formula is C22H28N4O3. The predicted octanol–water partition coefficient (Wildman–Crippen LogP) is 2.50. The molecule has 2 aliphatic rings. The molecule has 1 aromatic carbocycles. The number of fused-ring (bicyclic) bond motifs is 1. The van der Waals surface area contributed by atoms with E-state index in [9.17, 15) is 4.79 Å². The zero-order chi connectivity index (χ0) is 20.4. The smallest absolute Gasteiger partial charge is 0.257 e. The van der Waals surface area contributed by atoms with Crippen molar-refractivity contribution in [3.8, 4) is 11.5 Å². The molecule has 0 saturated carbocycles. The van der Waals surface area contributed by atoms with Crippen LogP contribution in [-0.4, -0.2) is 66.6 Å². The molecule has 1 amide bonds. The van der Waals surface area contributed by atoms with Gasteiger partial charge < -0.3 is 19.3 Å². The van der Waals surface area contributed by atoms with Crippen LogP contribution < -0.4 is 9.47 Å². The number of carbonyl (C=O) groups excluding carboxylic acids is 1. The normalized spacial score (nSPS) is 19.6. The molecule has 7 nitrogen and oxygen atoms in total. The molecule has 154 valence electrons. The van der Waals surface area contributed by atoms with Gasteiger partial charge in [0.05, 0.1) is 19.8 Å². The van der Waals surface area contributed by atoms with Gasteiger partial charge in [0.25, 0.3) is 5.91 Å². The highest BCUT2D eigenvalue weighted by Crippen LogP contribution is 2.30. The molecule has 4 rings (SSSR count). The molecule has 1 saturated heterocycles. The van der Waals surface area contributed by atoms with Crippen molar-refractivity contribution in [1.82, 2.24) is 19.8 Å². The summed E-state index contributed by atoms with van der Waals surface area (Å²) in [6.45, 7) is 3.28. The molecule has 7 heteroatoms. The Bertz CT molecular complexity index is 902. The van der Waals surface area contributed by atoms with Gasteiger partial charge in [-0.2, -0.15) is 0 Å². The second kappa shape index (κ2) is 8.37. The van der Waals surface area contributed by atoms with Crippen LogP contribution >= 0.6 is 0 Å². The van der Waals surface area contributed by atoms with E-state index in [1.165, 1.54) is 5.56 Å². The Balaban J connectivity index is 1.54. The van der Waals surface area contributed by atoms with Gasteiger partial charge in [-0.05, 0) is 38.1 Å². The van der Waals surface area contributed by atoms with Gasteiger partial charge in [0, 0.05) is 56.0 Å². The Kier molecular flexibility index (Phi) is 5.67. The number of methoxy groups -OCH3 is 2. The summed E-state index contributed by atoms with van der Waals surface area (Å²) in [5, 5.41) is 0. The number of nitrogens with zero attached hydrogens (tertiary/aromatic N) is 4. The van der Waals surface area contributed by atoms with Crippen LogP contribution in [-0.2, 0) is 13.0 Å². The third-order valence-corrected chi connectivity index (χ3v) is 5.85. The van der Waals surface area contributed by atoms with E-state index in [1.807, 2.05) is 11.1 Å². The highest BCUT2D eigenvalue weighted by molar-refractivity contribution is 5.97. The van der Waals surface area contributed by atoms with E-state index in [1.54, 1.807) is 32.4 Å². The van der Waals surface area contributed by atoms with Crippen molar-refractivity contribution < 1.29 is 14.3 Å². The van der Waals surface area contributed by atoms with E-state index in [4.69, 9.17) is 14.5 Å². The lowest BCUT2D eigenvalue weighted by molar-refractivity contribution is 0.0700. The van der Waals surface area contributed by atoms with E-state index in [0.29, 0.717) is 23.6 Å². The molecule has 1 fully saturated rings. The molecule has 2 aromatic rings. The number of piperidine rings is 1. The molecule has 0 spiro atoms. The summed E-state index contributed by atoms with van der Waals surface area (Å²) in [7, 11) is 5.29. The summed E-state index contributed by atoms with van der Waals surface area (Å²) in [6.07, 6.45) is 4.86. The fraction of sp³-hybridized carbons (Fsp3) is 0.500. The highest BCUT2D eigenvalue weighted by atomic mass is 16.5. The van der Waals surface area contributed by atoms with Crippen molar-refractivity contribution in [2.45, 2.75) is 31.7 Å². The first kappa shape index (κ1) is 19.6. The van der Waals surface area contributed by atoms with Crippen LogP contribution in [0.5, 0.6) is 11.5 Å². The number of benzene rings is 1. The molecule has 0 radical (unpaired) electrons. The van der Waals surface area contributed by atoms with Gasteiger partial charge in [0.1, 0.15) is 17.3 Å². The van der Waals surface area contributed by atoms with Crippen LogP contribution in [0.25, 0.3) is 0 Å². The quantitative estimate of drug-likeness (QED) is 0.791. The molecule has 0 bridgehead atoms. The fourth-order valence-corrected chi connectivity index (χ4v) is 4.19. The van der Waals surface area contributed by atoms with Crippen LogP contribution in [0.2, 0.25) is 0 Å². The van der Waals surface area contributed by atoms with E-state index in [0.717, 1.165) is 50.4 Å². The van der Waals surface area contributed by atoms with Crippen LogP contribution in [0.1, 0.15) is 46.2 Å². The summed E-state index contributed by atoms with van der Waals surface area (Å²) in [6, 6.07) is 5.32. The predicted molar refractivity (Wildman–Crippen MR) is 109 cm³/mol. The van der Waals surface area contributed by atoms with Crippen molar-refractivity contribution in [3.05, 3.63) is 47.0 Å². The SMILES string of the molecule is COc1ccc(OC)c(C(=O)N2CCC[C@@H](c3ncc4c(n3)CCN(C)C4)C2)c1. The van der Waals surface area contributed by atoms with Gasteiger partial charge in [0.2, 0.25) is 0 Å². The minimum Gasteiger partial charge on any atom is -0.497 e. The van der Waals surface area contributed by atoms with Crippen molar-refractivity contribution in [2.24, 2.45) is 0 Å². The second-order valence-electron chi connectivity index (χ2n) is 7.84. The van der Waals surface area contributed by atoms with Crippen molar-refractivity contribution in [2.75, 3.05) is 40.9 Å². The number of rotatable bonds is 4. The maximum Gasteiger partial charge on any atom is 0.257 e. The van der Waals surface area contributed by atoms with Crippen LogP contribution in [0.15, 0.2) is 24.4 Å². The summed E-state index contributed by atoms with van der Waals surface area (Å²) < 4.78 is 10.7. The Hall–Kier alpha value is -2.67. The lowest BCUT2D eigenvalue weighted by atomic mass is 9.95. The van der Waals surface area contributed by atoms with Gasteiger partial charge in [-0.1, -0.05) is 0 Å². The van der Waals surface area contributed by atoms with E-state index in [-0.39, 0.29) is 11.8 Å². The van der Waals surface area contributed by atoms with Crippen LogP contribution in [0.3, 0.4) is 0 Å². The lowest BCUT2D eigenvalue weighted by Gasteiger charge is -2.33. The molecule has 3 heterocycles. The Morgan fingerprint density at radius 3 is 2.86 bits per heavy atom. The standard InChI is InChI=1S/C22H28N4O3/c1-25-10-8-19-16(13-25)12-23-21(24-19)15-5-4-9-26(14-15)22(27)18-11-17(28-2)6-7-20(18)29-3/h6-7,11-12,15H,4-5,8-10,13-14H2,1-3H3/t15-/m1/s1. The monoisotopic (exact) mass is 396 g/mol. The van der Waals surface area contributed by atoms with Crippen molar-refractivity contribution in [1.29, 1.82) is 0 Å². The number of amides is 1. The maximum absolute atomic E-state index is 13.2. The molecular weight excluding hydrogens is 368 g/mol.